The standard InChI is InChI=1S/C6H14N2OS/c1-6-5-10(7,9)4-3-8(6)2/h6-7H,3-5H2,1-2H3. The topological polar surface area (TPSA) is 44.2 Å². The largest absolute Gasteiger partial charge is 0.302 e. The van der Waals surface area contributed by atoms with Gasteiger partial charge >= 0.3 is 0 Å². The van der Waals surface area contributed by atoms with Gasteiger partial charge < -0.3 is 4.90 Å². The minimum absolute atomic E-state index is 0.318. The molecule has 60 valence electrons. The summed E-state index contributed by atoms with van der Waals surface area (Å²) in [5.41, 5.74) is 0. The van der Waals surface area contributed by atoms with Gasteiger partial charge in [-0.15, -0.1) is 0 Å². The van der Waals surface area contributed by atoms with Gasteiger partial charge in [-0.3, -0.25) is 4.78 Å². The molecule has 4 heteroatoms. The van der Waals surface area contributed by atoms with Crippen LogP contribution in [0, 0.1) is 4.78 Å². The lowest BCUT2D eigenvalue weighted by molar-refractivity contribution is 0.282. The van der Waals surface area contributed by atoms with Gasteiger partial charge in [0.1, 0.15) is 0 Å². The van der Waals surface area contributed by atoms with Crippen molar-refractivity contribution in [2.24, 2.45) is 0 Å². The van der Waals surface area contributed by atoms with Crippen LogP contribution in [-0.2, 0) is 9.73 Å². The average molecular weight is 162 g/mol. The molecule has 0 spiro atoms. The fraction of sp³-hybridized carbons (Fsp3) is 1.00. The molecule has 1 aliphatic heterocycles. The van der Waals surface area contributed by atoms with Gasteiger partial charge in [-0.25, -0.2) is 4.21 Å². The first kappa shape index (κ1) is 8.01. The van der Waals surface area contributed by atoms with Crippen LogP contribution in [-0.4, -0.2) is 40.2 Å². The van der Waals surface area contributed by atoms with Crippen molar-refractivity contribution in [1.82, 2.24) is 4.90 Å². The van der Waals surface area contributed by atoms with E-state index in [1.54, 1.807) is 0 Å². The van der Waals surface area contributed by atoms with Crippen LogP contribution >= 0.6 is 0 Å². The second-order valence-corrected chi connectivity index (χ2v) is 5.38. The third-order valence-corrected chi connectivity index (χ3v) is 3.90. The van der Waals surface area contributed by atoms with E-state index in [4.69, 9.17) is 4.78 Å². The molecule has 0 amide bonds. The first-order valence-electron chi connectivity index (χ1n) is 3.46. The molecule has 1 rings (SSSR count). The van der Waals surface area contributed by atoms with Crippen molar-refractivity contribution in [2.45, 2.75) is 13.0 Å². The van der Waals surface area contributed by atoms with Crippen LogP contribution in [0.4, 0.5) is 0 Å². The third kappa shape index (κ3) is 1.70. The van der Waals surface area contributed by atoms with Gasteiger partial charge in [0.15, 0.2) is 0 Å². The van der Waals surface area contributed by atoms with Crippen LogP contribution in [0.1, 0.15) is 6.92 Å². The van der Waals surface area contributed by atoms with Gasteiger partial charge in [0.25, 0.3) is 0 Å². The predicted molar refractivity (Wildman–Crippen MR) is 42.7 cm³/mol. The van der Waals surface area contributed by atoms with E-state index in [9.17, 15) is 4.21 Å². The van der Waals surface area contributed by atoms with Crippen molar-refractivity contribution in [1.29, 1.82) is 4.78 Å². The number of rotatable bonds is 0. The van der Waals surface area contributed by atoms with Crippen molar-refractivity contribution in [3.8, 4) is 0 Å². The fourth-order valence-electron chi connectivity index (χ4n) is 1.11. The summed E-state index contributed by atoms with van der Waals surface area (Å²) in [5, 5.41) is 0. The molecule has 1 N–H and O–H groups in total. The summed E-state index contributed by atoms with van der Waals surface area (Å²) in [7, 11) is -0.193. The molecule has 0 aromatic carbocycles. The molecule has 0 aliphatic carbocycles. The van der Waals surface area contributed by atoms with Crippen molar-refractivity contribution in [2.75, 3.05) is 25.1 Å². The Morgan fingerprint density at radius 3 is 2.70 bits per heavy atom. The van der Waals surface area contributed by atoms with E-state index in [-0.39, 0.29) is 0 Å². The van der Waals surface area contributed by atoms with Gasteiger partial charge in [-0.2, -0.15) is 0 Å². The Labute approximate surface area is 62.4 Å². The summed E-state index contributed by atoms with van der Waals surface area (Å²) in [4.78, 5) is 2.15. The molecule has 0 aromatic heterocycles. The average Bonchev–Trinajstić information content (AvgIpc) is 1.79. The van der Waals surface area contributed by atoms with E-state index in [0.717, 1.165) is 6.54 Å². The smallest absolute Gasteiger partial charge is 0.0469 e. The maximum atomic E-state index is 11.2. The van der Waals surface area contributed by atoms with Gasteiger partial charge in [0.2, 0.25) is 0 Å². The molecular weight excluding hydrogens is 148 g/mol. The highest BCUT2D eigenvalue weighted by Crippen LogP contribution is 2.08. The number of hydrogen-bond acceptors (Lipinski definition) is 3. The van der Waals surface area contributed by atoms with E-state index in [1.807, 2.05) is 14.0 Å². The van der Waals surface area contributed by atoms with E-state index in [1.165, 1.54) is 0 Å². The zero-order valence-corrected chi connectivity index (χ0v) is 7.28. The quantitative estimate of drug-likeness (QED) is 0.559. The summed E-state index contributed by atoms with van der Waals surface area (Å²) in [6, 6.07) is 0.318. The number of nitrogens with zero attached hydrogens (tertiary/aromatic N) is 1. The van der Waals surface area contributed by atoms with Crippen LogP contribution in [0.3, 0.4) is 0 Å². The van der Waals surface area contributed by atoms with Crippen molar-refractivity contribution < 1.29 is 4.21 Å². The van der Waals surface area contributed by atoms with Gasteiger partial charge in [-0.1, -0.05) is 0 Å². The van der Waals surface area contributed by atoms with Crippen LogP contribution in [0.25, 0.3) is 0 Å². The Balaban J connectivity index is 2.66. The lowest BCUT2D eigenvalue weighted by atomic mass is 10.3. The normalized spacial score (nSPS) is 43.6. The molecule has 1 aliphatic rings. The lowest BCUT2D eigenvalue weighted by Crippen LogP contribution is -2.43. The second-order valence-electron chi connectivity index (χ2n) is 3.01. The van der Waals surface area contributed by atoms with Crippen molar-refractivity contribution >= 4 is 9.73 Å². The molecule has 0 saturated carbocycles. The Bertz CT molecular complexity index is 210. The maximum absolute atomic E-state index is 11.2. The predicted octanol–water partition coefficient (Wildman–Crippen LogP) is 0.367. The molecule has 10 heavy (non-hydrogen) atoms. The van der Waals surface area contributed by atoms with Crippen LogP contribution in [0.5, 0.6) is 0 Å². The second kappa shape index (κ2) is 2.51. The summed E-state index contributed by atoms with van der Waals surface area (Å²) in [6.45, 7) is 2.83. The van der Waals surface area contributed by atoms with E-state index in [0.29, 0.717) is 17.5 Å². The molecule has 2 unspecified atom stereocenters. The van der Waals surface area contributed by atoms with Crippen LogP contribution < -0.4 is 0 Å². The number of nitrogens with one attached hydrogen (secondary N) is 1. The third-order valence-electron chi connectivity index (χ3n) is 2.04. The van der Waals surface area contributed by atoms with E-state index < -0.39 is 9.73 Å². The molecule has 3 nitrogen and oxygen atoms in total. The van der Waals surface area contributed by atoms with E-state index >= 15 is 0 Å². The van der Waals surface area contributed by atoms with Crippen molar-refractivity contribution in [3.05, 3.63) is 0 Å². The molecule has 1 fully saturated rings. The first-order valence-corrected chi connectivity index (χ1v) is 5.35. The summed E-state index contributed by atoms with van der Waals surface area (Å²) < 4.78 is 18.5. The number of hydrogen-bond donors (Lipinski definition) is 1. The zero-order valence-electron chi connectivity index (χ0n) is 6.46. The lowest BCUT2D eigenvalue weighted by Gasteiger charge is -2.30. The van der Waals surface area contributed by atoms with Gasteiger partial charge in [0.05, 0.1) is 0 Å². The summed E-state index contributed by atoms with van der Waals surface area (Å²) >= 11 is 0. The Kier molecular flexibility index (Phi) is 2.01. The zero-order chi connectivity index (χ0) is 7.78. The highest BCUT2D eigenvalue weighted by Gasteiger charge is 2.22. The SMILES string of the molecule is CC1CS(=N)(=O)CCN1C. The first-order chi connectivity index (χ1) is 4.51. The summed E-state index contributed by atoms with van der Waals surface area (Å²) in [5.74, 6) is 1.09. The molecule has 0 aromatic rings. The van der Waals surface area contributed by atoms with Crippen molar-refractivity contribution in [3.63, 3.8) is 0 Å². The minimum Gasteiger partial charge on any atom is -0.302 e. The fourth-order valence-corrected chi connectivity index (χ4v) is 2.90. The monoisotopic (exact) mass is 162 g/mol. The molecule has 0 radical (unpaired) electrons. The molecular formula is C6H14N2OS. The molecule has 1 heterocycles. The Morgan fingerprint density at radius 2 is 2.30 bits per heavy atom. The van der Waals surface area contributed by atoms with Crippen LogP contribution in [0.2, 0.25) is 0 Å². The Hall–Kier alpha value is -0.0900. The summed E-state index contributed by atoms with van der Waals surface area (Å²) in [6.07, 6.45) is 0. The molecule has 2 atom stereocenters. The highest BCUT2D eigenvalue weighted by atomic mass is 32.2. The maximum Gasteiger partial charge on any atom is 0.0469 e. The molecule has 1 saturated heterocycles. The van der Waals surface area contributed by atoms with Gasteiger partial charge in [-0.05, 0) is 14.0 Å². The minimum atomic E-state index is -2.21. The van der Waals surface area contributed by atoms with Gasteiger partial charge in [0, 0.05) is 33.8 Å². The van der Waals surface area contributed by atoms with E-state index in [2.05, 4.69) is 4.90 Å². The van der Waals surface area contributed by atoms with Crippen LogP contribution in [0.15, 0.2) is 0 Å². The molecule has 0 bridgehead atoms. The highest BCUT2D eigenvalue weighted by molar-refractivity contribution is 7.92. The Morgan fingerprint density at radius 1 is 1.70 bits per heavy atom.